The molecule has 24 heavy (non-hydrogen) atoms. The fraction of sp³-hybridized carbons (Fsp3) is 0.562. The number of aryl methyl sites for hydroxylation is 2. The molecule has 0 fully saturated rings. The number of hydrogen-bond acceptors (Lipinski definition) is 5. The SMILES string of the molecule is CCNC(=NCc1cc(C(C)C)no1)NCc1sc(C)nc1C.I. The van der Waals surface area contributed by atoms with E-state index in [0.717, 1.165) is 41.2 Å². The number of aromatic nitrogens is 2. The highest BCUT2D eigenvalue weighted by atomic mass is 127. The van der Waals surface area contributed by atoms with Gasteiger partial charge in [-0.3, -0.25) is 0 Å². The number of guanidine groups is 1. The fourth-order valence-corrected chi connectivity index (χ4v) is 2.95. The van der Waals surface area contributed by atoms with Crippen molar-refractivity contribution in [2.75, 3.05) is 6.54 Å². The van der Waals surface area contributed by atoms with Crippen molar-refractivity contribution in [3.63, 3.8) is 0 Å². The molecule has 0 aromatic carbocycles. The molecule has 0 saturated heterocycles. The van der Waals surface area contributed by atoms with Crippen molar-refractivity contribution < 1.29 is 4.52 Å². The second kappa shape index (κ2) is 9.97. The summed E-state index contributed by atoms with van der Waals surface area (Å²) in [7, 11) is 0. The summed E-state index contributed by atoms with van der Waals surface area (Å²) in [6.45, 7) is 12.3. The number of nitrogens with zero attached hydrogens (tertiary/aromatic N) is 3. The number of aliphatic imine (C=N–C) groups is 1. The Labute approximate surface area is 164 Å². The lowest BCUT2D eigenvalue weighted by Crippen LogP contribution is -2.36. The third kappa shape index (κ3) is 6.04. The van der Waals surface area contributed by atoms with Gasteiger partial charge in [-0.15, -0.1) is 35.3 Å². The number of nitrogens with one attached hydrogen (secondary N) is 2. The lowest BCUT2D eigenvalue weighted by molar-refractivity contribution is 0.376. The van der Waals surface area contributed by atoms with Gasteiger partial charge < -0.3 is 15.2 Å². The molecule has 0 aliphatic carbocycles. The van der Waals surface area contributed by atoms with Gasteiger partial charge in [0.25, 0.3) is 0 Å². The van der Waals surface area contributed by atoms with Gasteiger partial charge in [-0.25, -0.2) is 9.98 Å². The summed E-state index contributed by atoms with van der Waals surface area (Å²) in [5.74, 6) is 1.90. The molecule has 0 radical (unpaired) electrons. The molecule has 0 atom stereocenters. The summed E-state index contributed by atoms with van der Waals surface area (Å²) in [6, 6.07) is 1.97. The fourth-order valence-electron chi connectivity index (χ4n) is 2.08. The van der Waals surface area contributed by atoms with E-state index >= 15 is 0 Å². The Kier molecular flexibility index (Phi) is 8.68. The zero-order valence-corrected chi connectivity index (χ0v) is 18.0. The molecular weight excluding hydrogens is 437 g/mol. The van der Waals surface area contributed by atoms with Crippen LogP contribution in [0.2, 0.25) is 0 Å². The number of thiazole rings is 1. The number of rotatable bonds is 6. The van der Waals surface area contributed by atoms with Gasteiger partial charge in [0, 0.05) is 17.5 Å². The van der Waals surface area contributed by atoms with Crippen LogP contribution in [-0.2, 0) is 13.1 Å². The van der Waals surface area contributed by atoms with E-state index in [9.17, 15) is 0 Å². The molecule has 0 spiro atoms. The van der Waals surface area contributed by atoms with Crippen LogP contribution in [0.25, 0.3) is 0 Å². The van der Waals surface area contributed by atoms with Crippen molar-refractivity contribution in [1.29, 1.82) is 0 Å². The van der Waals surface area contributed by atoms with Crippen LogP contribution in [0.3, 0.4) is 0 Å². The normalized spacial score (nSPS) is 11.5. The Balaban J connectivity index is 0.00000288. The molecule has 0 bridgehead atoms. The first kappa shape index (κ1) is 20.9. The van der Waals surface area contributed by atoms with E-state index in [1.54, 1.807) is 11.3 Å². The standard InChI is InChI=1S/C16H25N5OS.HI/c1-6-17-16(19-9-15-11(4)20-12(5)23-15)18-8-13-7-14(10(2)3)21-22-13;/h7,10H,6,8-9H2,1-5H3,(H2,17,18,19);1H. The van der Waals surface area contributed by atoms with Gasteiger partial charge in [-0.1, -0.05) is 19.0 Å². The summed E-state index contributed by atoms with van der Waals surface area (Å²) in [4.78, 5) is 10.2. The maximum absolute atomic E-state index is 5.32. The van der Waals surface area contributed by atoms with E-state index < -0.39 is 0 Å². The molecular formula is C16H26IN5OS. The predicted octanol–water partition coefficient (Wildman–Crippen LogP) is 3.74. The van der Waals surface area contributed by atoms with Gasteiger partial charge in [0.2, 0.25) is 0 Å². The van der Waals surface area contributed by atoms with E-state index in [2.05, 4.69) is 39.6 Å². The van der Waals surface area contributed by atoms with Gasteiger partial charge in [0.1, 0.15) is 6.54 Å². The molecule has 6 nitrogen and oxygen atoms in total. The third-order valence-corrected chi connectivity index (χ3v) is 4.39. The minimum atomic E-state index is 0. The highest BCUT2D eigenvalue weighted by Gasteiger charge is 2.08. The van der Waals surface area contributed by atoms with E-state index in [4.69, 9.17) is 4.52 Å². The zero-order valence-electron chi connectivity index (χ0n) is 14.8. The minimum absolute atomic E-state index is 0. The lowest BCUT2D eigenvalue weighted by Gasteiger charge is -2.10. The third-order valence-electron chi connectivity index (χ3n) is 3.32. The Morgan fingerprint density at radius 1 is 1.33 bits per heavy atom. The van der Waals surface area contributed by atoms with Crippen LogP contribution in [-0.4, -0.2) is 22.6 Å². The van der Waals surface area contributed by atoms with E-state index in [1.807, 2.05) is 26.8 Å². The van der Waals surface area contributed by atoms with Crippen molar-refractivity contribution in [3.05, 3.63) is 33.1 Å². The molecule has 2 aromatic rings. The second-order valence-corrected chi connectivity index (χ2v) is 6.95. The van der Waals surface area contributed by atoms with E-state index in [1.165, 1.54) is 4.88 Å². The highest BCUT2D eigenvalue weighted by Crippen LogP contribution is 2.17. The molecule has 8 heteroatoms. The molecule has 0 saturated carbocycles. The van der Waals surface area contributed by atoms with Crippen LogP contribution in [0.4, 0.5) is 0 Å². The monoisotopic (exact) mass is 463 g/mol. The van der Waals surface area contributed by atoms with Gasteiger partial charge in [0.15, 0.2) is 11.7 Å². The van der Waals surface area contributed by atoms with Crippen molar-refractivity contribution in [2.45, 2.75) is 53.6 Å². The van der Waals surface area contributed by atoms with Crippen LogP contribution >= 0.6 is 35.3 Å². The average Bonchev–Trinajstić information content (AvgIpc) is 3.08. The van der Waals surface area contributed by atoms with Gasteiger partial charge in [-0.05, 0) is 26.7 Å². The van der Waals surface area contributed by atoms with Crippen molar-refractivity contribution in [3.8, 4) is 0 Å². The Morgan fingerprint density at radius 2 is 2.08 bits per heavy atom. The van der Waals surface area contributed by atoms with Crippen LogP contribution in [0.5, 0.6) is 0 Å². The van der Waals surface area contributed by atoms with Crippen LogP contribution in [0.15, 0.2) is 15.6 Å². The highest BCUT2D eigenvalue weighted by molar-refractivity contribution is 14.0. The first-order valence-electron chi connectivity index (χ1n) is 7.90. The van der Waals surface area contributed by atoms with Gasteiger partial charge >= 0.3 is 0 Å². The van der Waals surface area contributed by atoms with E-state index in [-0.39, 0.29) is 24.0 Å². The first-order valence-corrected chi connectivity index (χ1v) is 8.71. The quantitative estimate of drug-likeness (QED) is 0.388. The second-order valence-electron chi connectivity index (χ2n) is 5.66. The van der Waals surface area contributed by atoms with Crippen molar-refractivity contribution in [1.82, 2.24) is 20.8 Å². The number of halogens is 1. The summed E-state index contributed by atoms with van der Waals surface area (Å²) in [5, 5.41) is 11.7. The molecule has 2 N–H and O–H groups in total. The van der Waals surface area contributed by atoms with E-state index in [0.29, 0.717) is 12.5 Å². The molecule has 2 heterocycles. The summed E-state index contributed by atoms with van der Waals surface area (Å²) in [5.41, 5.74) is 2.04. The molecule has 0 amide bonds. The van der Waals surface area contributed by atoms with Gasteiger partial charge in [-0.2, -0.15) is 0 Å². The first-order chi connectivity index (χ1) is 11.0. The van der Waals surface area contributed by atoms with Crippen LogP contribution < -0.4 is 10.6 Å². The average molecular weight is 463 g/mol. The minimum Gasteiger partial charge on any atom is -0.359 e. The predicted molar refractivity (Wildman–Crippen MR) is 109 cm³/mol. The molecule has 2 rings (SSSR count). The Bertz CT molecular complexity index is 665. The summed E-state index contributed by atoms with van der Waals surface area (Å²) < 4.78 is 5.32. The molecule has 0 aliphatic heterocycles. The molecule has 0 unspecified atom stereocenters. The smallest absolute Gasteiger partial charge is 0.191 e. The zero-order chi connectivity index (χ0) is 16.8. The molecule has 2 aromatic heterocycles. The van der Waals surface area contributed by atoms with Crippen LogP contribution in [0.1, 0.15) is 53.7 Å². The number of hydrogen-bond donors (Lipinski definition) is 2. The Morgan fingerprint density at radius 3 is 2.62 bits per heavy atom. The van der Waals surface area contributed by atoms with Gasteiger partial charge in [0.05, 0.1) is 22.9 Å². The largest absolute Gasteiger partial charge is 0.359 e. The van der Waals surface area contributed by atoms with Crippen LogP contribution in [0, 0.1) is 13.8 Å². The maximum Gasteiger partial charge on any atom is 0.191 e. The van der Waals surface area contributed by atoms with Crippen molar-refractivity contribution in [2.24, 2.45) is 4.99 Å². The summed E-state index contributed by atoms with van der Waals surface area (Å²) >= 11 is 1.71. The lowest BCUT2D eigenvalue weighted by atomic mass is 10.1. The Hall–Kier alpha value is -1.16. The summed E-state index contributed by atoms with van der Waals surface area (Å²) in [6.07, 6.45) is 0. The molecule has 134 valence electrons. The topological polar surface area (TPSA) is 75.3 Å². The maximum atomic E-state index is 5.32. The van der Waals surface area contributed by atoms with Crippen molar-refractivity contribution >= 4 is 41.3 Å². The molecule has 0 aliphatic rings.